The number of hydrogen-bond acceptors (Lipinski definition) is 4. The van der Waals surface area contributed by atoms with Crippen molar-refractivity contribution in [1.82, 2.24) is 9.62 Å². The first kappa shape index (κ1) is 20.6. The molecule has 152 valence electrons. The van der Waals surface area contributed by atoms with Gasteiger partial charge in [-0.1, -0.05) is 32.9 Å². The number of sulfonamides is 1. The number of piperidine rings is 1. The second-order valence-electron chi connectivity index (χ2n) is 8.27. The highest BCUT2D eigenvalue weighted by Gasteiger charge is 2.33. The average Bonchev–Trinajstić information content (AvgIpc) is 3.19. The summed E-state index contributed by atoms with van der Waals surface area (Å²) in [6, 6.07) is 10.6. The van der Waals surface area contributed by atoms with Gasteiger partial charge in [-0.05, 0) is 48.1 Å². The summed E-state index contributed by atoms with van der Waals surface area (Å²) in [4.78, 5) is 12.8. The third-order valence-corrected chi connectivity index (χ3v) is 7.01. The van der Waals surface area contributed by atoms with Crippen LogP contribution in [0.15, 0.2) is 52.0 Å². The Balaban J connectivity index is 1.67. The molecule has 7 heteroatoms. The second-order valence-corrected chi connectivity index (χ2v) is 10.2. The van der Waals surface area contributed by atoms with Crippen molar-refractivity contribution < 1.29 is 17.6 Å². The van der Waals surface area contributed by atoms with E-state index in [2.05, 4.69) is 26.1 Å². The molecule has 1 aromatic carbocycles. The maximum atomic E-state index is 13.0. The van der Waals surface area contributed by atoms with Crippen LogP contribution in [0.3, 0.4) is 0 Å². The molecule has 1 N–H and O–H groups in total. The number of carbonyl (C=O) groups is 1. The lowest BCUT2D eigenvalue weighted by atomic mass is 9.87. The summed E-state index contributed by atoms with van der Waals surface area (Å²) < 4.78 is 32.7. The van der Waals surface area contributed by atoms with Crippen molar-refractivity contribution in [2.45, 2.75) is 50.5 Å². The number of rotatable bonds is 5. The maximum Gasteiger partial charge on any atom is 0.243 e. The molecular formula is C21H28N2O4S. The van der Waals surface area contributed by atoms with Crippen molar-refractivity contribution in [3.63, 3.8) is 0 Å². The molecule has 2 heterocycles. The van der Waals surface area contributed by atoms with E-state index in [1.807, 2.05) is 12.1 Å². The third-order valence-electron chi connectivity index (χ3n) is 5.13. The smallest absolute Gasteiger partial charge is 0.243 e. The van der Waals surface area contributed by atoms with E-state index in [0.29, 0.717) is 31.7 Å². The van der Waals surface area contributed by atoms with Gasteiger partial charge in [0.1, 0.15) is 5.76 Å². The number of amides is 1. The van der Waals surface area contributed by atoms with Crippen molar-refractivity contribution >= 4 is 15.9 Å². The van der Waals surface area contributed by atoms with Gasteiger partial charge in [0.2, 0.25) is 15.9 Å². The molecule has 6 nitrogen and oxygen atoms in total. The molecule has 0 radical (unpaired) electrons. The SMILES string of the molecule is CC(C)(C)c1ccc(S(=O)(=O)N2CCCC(C(=O)NCc3ccco3)C2)cc1. The standard InChI is InChI=1S/C21H28N2O4S/c1-21(2,3)17-8-10-19(11-9-17)28(25,26)23-12-4-6-16(15-23)20(24)22-14-18-7-5-13-27-18/h5,7-11,13,16H,4,6,12,14-15H2,1-3H3,(H,22,24). The summed E-state index contributed by atoms with van der Waals surface area (Å²) in [6.07, 6.45) is 2.90. The Morgan fingerprint density at radius 3 is 2.54 bits per heavy atom. The fourth-order valence-electron chi connectivity index (χ4n) is 3.38. The van der Waals surface area contributed by atoms with Crippen molar-refractivity contribution in [1.29, 1.82) is 0 Å². The van der Waals surface area contributed by atoms with Crippen LogP contribution in [0.25, 0.3) is 0 Å². The van der Waals surface area contributed by atoms with Crippen LogP contribution in [-0.2, 0) is 26.8 Å². The van der Waals surface area contributed by atoms with E-state index in [9.17, 15) is 13.2 Å². The number of nitrogens with one attached hydrogen (secondary N) is 1. The Morgan fingerprint density at radius 1 is 1.21 bits per heavy atom. The van der Waals surface area contributed by atoms with Gasteiger partial charge in [-0.2, -0.15) is 4.31 Å². The number of nitrogens with zero attached hydrogens (tertiary/aromatic N) is 1. The van der Waals surface area contributed by atoms with E-state index in [0.717, 1.165) is 5.56 Å². The summed E-state index contributed by atoms with van der Waals surface area (Å²) in [5.41, 5.74) is 1.05. The lowest BCUT2D eigenvalue weighted by molar-refractivity contribution is -0.126. The van der Waals surface area contributed by atoms with E-state index in [4.69, 9.17) is 4.42 Å². The average molecular weight is 405 g/mol. The molecule has 1 atom stereocenters. The molecule has 0 bridgehead atoms. The molecule has 1 aliphatic rings. The van der Waals surface area contributed by atoms with Gasteiger partial charge in [0, 0.05) is 13.1 Å². The lowest BCUT2D eigenvalue weighted by Gasteiger charge is -2.31. The Morgan fingerprint density at radius 2 is 1.93 bits per heavy atom. The molecule has 1 amide bonds. The third kappa shape index (κ3) is 4.64. The highest BCUT2D eigenvalue weighted by atomic mass is 32.2. The molecular weight excluding hydrogens is 376 g/mol. The van der Waals surface area contributed by atoms with Crippen molar-refractivity contribution in [2.75, 3.05) is 13.1 Å². The van der Waals surface area contributed by atoms with Crippen molar-refractivity contribution in [3.05, 3.63) is 54.0 Å². The van der Waals surface area contributed by atoms with E-state index in [1.54, 1.807) is 30.5 Å². The Hall–Kier alpha value is -2.12. The molecule has 0 spiro atoms. The Kier molecular flexibility index (Phi) is 5.95. The molecule has 0 saturated carbocycles. The van der Waals surface area contributed by atoms with E-state index in [-0.39, 0.29) is 28.7 Å². The van der Waals surface area contributed by atoms with Gasteiger partial charge in [0.25, 0.3) is 0 Å². The van der Waals surface area contributed by atoms with E-state index < -0.39 is 10.0 Å². The summed E-state index contributed by atoms with van der Waals surface area (Å²) >= 11 is 0. The molecule has 0 aliphatic carbocycles. The predicted molar refractivity (Wildman–Crippen MR) is 107 cm³/mol. The normalized spacial score (nSPS) is 18.8. The molecule has 28 heavy (non-hydrogen) atoms. The quantitative estimate of drug-likeness (QED) is 0.829. The largest absolute Gasteiger partial charge is 0.467 e. The van der Waals surface area contributed by atoms with Gasteiger partial charge in [-0.3, -0.25) is 4.79 Å². The summed E-state index contributed by atoms with van der Waals surface area (Å²) in [7, 11) is -3.61. The van der Waals surface area contributed by atoms with E-state index in [1.165, 1.54) is 4.31 Å². The Labute approximate surface area is 167 Å². The zero-order valence-electron chi connectivity index (χ0n) is 16.6. The van der Waals surface area contributed by atoms with Crippen LogP contribution in [0.2, 0.25) is 0 Å². The van der Waals surface area contributed by atoms with Crippen LogP contribution in [0.4, 0.5) is 0 Å². The van der Waals surface area contributed by atoms with Gasteiger partial charge < -0.3 is 9.73 Å². The summed E-state index contributed by atoms with van der Waals surface area (Å²) in [6.45, 7) is 7.22. The molecule has 1 aliphatic heterocycles. The molecule has 3 rings (SSSR count). The predicted octanol–water partition coefficient (Wildman–Crippen LogP) is 3.29. The van der Waals surface area contributed by atoms with Crippen LogP contribution >= 0.6 is 0 Å². The fourth-order valence-corrected chi connectivity index (χ4v) is 4.91. The Bertz CT molecular complexity index is 897. The summed E-state index contributed by atoms with van der Waals surface area (Å²) in [5, 5.41) is 2.84. The minimum Gasteiger partial charge on any atom is -0.467 e. The lowest BCUT2D eigenvalue weighted by Crippen LogP contribution is -2.45. The van der Waals surface area contributed by atoms with E-state index >= 15 is 0 Å². The number of hydrogen-bond donors (Lipinski definition) is 1. The van der Waals surface area contributed by atoms with Crippen LogP contribution in [-0.4, -0.2) is 31.7 Å². The van der Waals surface area contributed by atoms with Gasteiger partial charge in [0.15, 0.2) is 0 Å². The van der Waals surface area contributed by atoms with Crippen molar-refractivity contribution in [2.24, 2.45) is 5.92 Å². The minimum atomic E-state index is -3.61. The van der Waals surface area contributed by atoms with Crippen LogP contribution in [0, 0.1) is 5.92 Å². The van der Waals surface area contributed by atoms with Gasteiger partial charge in [-0.25, -0.2) is 8.42 Å². The topological polar surface area (TPSA) is 79.6 Å². The molecule has 1 fully saturated rings. The van der Waals surface area contributed by atoms with Gasteiger partial charge in [-0.15, -0.1) is 0 Å². The fraction of sp³-hybridized carbons (Fsp3) is 0.476. The monoisotopic (exact) mass is 404 g/mol. The highest BCUT2D eigenvalue weighted by Crippen LogP contribution is 2.27. The highest BCUT2D eigenvalue weighted by molar-refractivity contribution is 7.89. The molecule has 2 aromatic rings. The maximum absolute atomic E-state index is 13.0. The van der Waals surface area contributed by atoms with Gasteiger partial charge in [0.05, 0.1) is 23.6 Å². The number of furan rings is 1. The van der Waals surface area contributed by atoms with Crippen LogP contribution < -0.4 is 5.32 Å². The van der Waals surface area contributed by atoms with Gasteiger partial charge >= 0.3 is 0 Å². The first-order valence-electron chi connectivity index (χ1n) is 9.59. The molecule has 1 saturated heterocycles. The zero-order chi connectivity index (χ0) is 20.4. The number of benzene rings is 1. The summed E-state index contributed by atoms with van der Waals surface area (Å²) in [5.74, 6) is 0.180. The number of carbonyl (C=O) groups excluding carboxylic acids is 1. The first-order valence-corrected chi connectivity index (χ1v) is 11.0. The minimum absolute atomic E-state index is 0.0371. The zero-order valence-corrected chi connectivity index (χ0v) is 17.5. The van der Waals surface area contributed by atoms with Crippen LogP contribution in [0.5, 0.6) is 0 Å². The molecule has 1 aromatic heterocycles. The van der Waals surface area contributed by atoms with Crippen LogP contribution in [0.1, 0.15) is 44.9 Å². The van der Waals surface area contributed by atoms with Crippen molar-refractivity contribution in [3.8, 4) is 0 Å². The second kappa shape index (κ2) is 8.09. The molecule has 1 unspecified atom stereocenters. The first-order chi connectivity index (χ1) is 13.2.